The highest BCUT2D eigenvalue weighted by Gasteiger charge is 2.25. The molecule has 0 spiro atoms. The molecule has 6 heterocycles. The van der Waals surface area contributed by atoms with Crippen LogP contribution in [0.1, 0.15) is 112 Å². The number of pyridine rings is 3. The standard InChI is InChI=1S/2C24H25N3O2S.C23H23N3O2S/c1-17-13-20(16-30(28,29)21-11-9-19(10-12-21)24(2,3)4)27(26-17)23-15-25-14-18-7-5-6-8-22(18)23;1-17-15-19(16-30(28,29)20-11-9-18(10-12-20)24(2,3)4)27(26-17)23-13-14-25-22-8-6-5-7-21(22)23;1-16(2)18-7-9-21(10-8-18)29(27,28)15-20-13-17(3)25-26(20)23-6-4-5-19-14-24-12-11-22(19)23/h2*5-15H,16H2,1-4H3;4-14,16H,15H2,1-3H3. The fourth-order valence-electron chi connectivity index (χ4n) is 10.6. The molecule has 0 aliphatic rings. The molecule has 0 amide bonds. The van der Waals surface area contributed by atoms with Gasteiger partial charge in [-0.25, -0.2) is 39.3 Å². The molecule has 6 aromatic carbocycles. The first kappa shape index (κ1) is 63.1. The third-order valence-electron chi connectivity index (χ3n) is 15.4. The molecule has 6 aromatic heterocycles. The average Bonchev–Trinajstić information content (AvgIpc) is 2.35. The summed E-state index contributed by atoms with van der Waals surface area (Å²) in [5.41, 5.74) is 10.7. The largest absolute Gasteiger partial charge is 0.264 e. The van der Waals surface area contributed by atoms with E-state index in [1.165, 1.54) is 0 Å². The van der Waals surface area contributed by atoms with Gasteiger partial charge in [-0.1, -0.05) is 146 Å². The van der Waals surface area contributed by atoms with Crippen molar-refractivity contribution in [2.75, 3.05) is 0 Å². The second-order valence-corrected chi connectivity index (χ2v) is 30.7. The second kappa shape index (κ2) is 25.3. The number of rotatable bonds is 13. The third kappa shape index (κ3) is 14.3. The molecule has 18 heteroatoms. The number of sulfone groups is 3. The summed E-state index contributed by atoms with van der Waals surface area (Å²) in [6.07, 6.45) is 8.76. The van der Waals surface area contributed by atoms with Crippen LogP contribution in [-0.2, 0) is 57.6 Å². The molecule has 89 heavy (non-hydrogen) atoms. The molecule has 0 saturated carbocycles. The van der Waals surface area contributed by atoms with E-state index in [4.69, 9.17) is 0 Å². The molecule has 15 nitrogen and oxygen atoms in total. The zero-order valence-corrected chi connectivity index (χ0v) is 54.4. The smallest absolute Gasteiger partial charge is 0.184 e. The van der Waals surface area contributed by atoms with Gasteiger partial charge in [-0.15, -0.1) is 0 Å². The summed E-state index contributed by atoms with van der Waals surface area (Å²) in [7, 11) is -10.5. The fraction of sp³-hybridized carbons (Fsp3) is 0.239. The summed E-state index contributed by atoms with van der Waals surface area (Å²) in [4.78, 5) is 13.8. The van der Waals surface area contributed by atoms with Crippen LogP contribution in [0.4, 0.5) is 0 Å². The van der Waals surface area contributed by atoms with Crippen LogP contribution in [0.2, 0.25) is 0 Å². The molecule has 0 N–H and O–H groups in total. The van der Waals surface area contributed by atoms with Crippen molar-refractivity contribution in [1.82, 2.24) is 44.3 Å². The molecule has 0 bridgehead atoms. The SMILES string of the molecule is Cc1cc(CS(=O)(=O)c2ccc(C(C)(C)C)cc2)n(-c2ccnc3ccccc23)n1.Cc1cc(CS(=O)(=O)c2ccc(C(C)(C)C)cc2)n(-c2cncc3ccccc23)n1.Cc1cc(CS(=O)(=O)c2ccc(C(C)C)cc2)n(-c2cccc3cnccc23)n1. The van der Waals surface area contributed by atoms with Crippen molar-refractivity contribution in [2.24, 2.45) is 0 Å². The van der Waals surface area contributed by atoms with Gasteiger partial charge in [-0.3, -0.25) is 15.0 Å². The first-order valence-electron chi connectivity index (χ1n) is 29.3. The van der Waals surface area contributed by atoms with Crippen LogP contribution in [0.25, 0.3) is 49.5 Å². The Labute approximate surface area is 522 Å². The molecule has 0 unspecified atom stereocenters. The Hall–Kier alpha value is -8.97. The summed E-state index contributed by atoms with van der Waals surface area (Å²) < 4.78 is 84.0. The Kier molecular flexibility index (Phi) is 17.9. The maximum absolute atomic E-state index is 13.2. The molecule has 456 valence electrons. The number of benzene rings is 6. The van der Waals surface area contributed by atoms with E-state index >= 15 is 0 Å². The minimum Gasteiger partial charge on any atom is -0.264 e. The lowest BCUT2D eigenvalue weighted by molar-refractivity contribution is 0.585. The molecule has 0 aliphatic carbocycles. The fourth-order valence-corrected chi connectivity index (χ4v) is 14.6. The Bertz CT molecular complexity index is 4660. The lowest BCUT2D eigenvalue weighted by Gasteiger charge is -2.19. The monoisotopic (exact) mass is 1240 g/mol. The van der Waals surface area contributed by atoms with Crippen LogP contribution in [0.3, 0.4) is 0 Å². The van der Waals surface area contributed by atoms with Crippen LogP contribution < -0.4 is 0 Å². The minimum atomic E-state index is -3.53. The summed E-state index contributed by atoms with van der Waals surface area (Å²) in [5, 5.41) is 18.6. The van der Waals surface area contributed by atoms with Crippen molar-refractivity contribution in [3.63, 3.8) is 0 Å². The number of hydrogen-bond donors (Lipinski definition) is 0. The zero-order valence-electron chi connectivity index (χ0n) is 52.0. The Morgan fingerprint density at radius 3 is 1.29 bits per heavy atom. The maximum Gasteiger partial charge on any atom is 0.184 e. The van der Waals surface area contributed by atoms with E-state index in [2.05, 4.69) is 85.6 Å². The molecule has 0 fully saturated rings. The molecule has 0 radical (unpaired) electrons. The maximum atomic E-state index is 13.2. The molecular formula is C71H73N9O6S3. The predicted molar refractivity (Wildman–Crippen MR) is 354 cm³/mol. The average molecular weight is 1240 g/mol. The number of fused-ring (bicyclic) bond motifs is 3. The van der Waals surface area contributed by atoms with Crippen LogP contribution in [0, 0.1) is 20.8 Å². The quantitative estimate of drug-likeness (QED) is 0.106. The molecular weight excluding hydrogens is 1170 g/mol. The number of aryl methyl sites for hydroxylation is 3. The van der Waals surface area contributed by atoms with E-state index in [1.54, 1.807) is 81.4 Å². The highest BCUT2D eigenvalue weighted by atomic mass is 32.2. The van der Waals surface area contributed by atoms with E-state index in [0.29, 0.717) is 37.7 Å². The van der Waals surface area contributed by atoms with E-state index in [0.717, 1.165) is 83.3 Å². The van der Waals surface area contributed by atoms with E-state index in [1.807, 2.05) is 154 Å². The van der Waals surface area contributed by atoms with Gasteiger partial charge in [0.2, 0.25) is 0 Å². The summed E-state index contributed by atoms with van der Waals surface area (Å²) in [5.74, 6) is -0.0154. The van der Waals surface area contributed by atoms with Crippen molar-refractivity contribution in [1.29, 1.82) is 0 Å². The molecule has 12 aromatic rings. The van der Waals surface area contributed by atoms with Gasteiger partial charge in [0.15, 0.2) is 29.5 Å². The van der Waals surface area contributed by atoms with Gasteiger partial charge in [0.1, 0.15) is 0 Å². The highest BCUT2D eigenvalue weighted by molar-refractivity contribution is 7.91. The minimum absolute atomic E-state index is 0.0274. The van der Waals surface area contributed by atoms with Gasteiger partial charge in [-0.2, -0.15) is 15.3 Å². The van der Waals surface area contributed by atoms with E-state index in [9.17, 15) is 25.3 Å². The third-order valence-corrected chi connectivity index (χ3v) is 20.4. The lowest BCUT2D eigenvalue weighted by atomic mass is 9.87. The van der Waals surface area contributed by atoms with Gasteiger partial charge >= 0.3 is 0 Å². The first-order chi connectivity index (χ1) is 42.1. The van der Waals surface area contributed by atoms with Crippen molar-refractivity contribution >= 4 is 62.0 Å². The molecule has 12 rings (SSSR count). The number of para-hydroxylation sites is 1. The van der Waals surface area contributed by atoms with Crippen molar-refractivity contribution in [3.05, 3.63) is 252 Å². The van der Waals surface area contributed by atoms with Crippen molar-refractivity contribution in [2.45, 2.75) is 125 Å². The van der Waals surface area contributed by atoms with Gasteiger partial charge in [-0.05, 0) is 133 Å². The van der Waals surface area contributed by atoms with Gasteiger partial charge in [0.25, 0.3) is 0 Å². The Morgan fingerprint density at radius 2 is 0.809 bits per heavy atom. The van der Waals surface area contributed by atoms with Gasteiger partial charge in [0.05, 0.1) is 94.9 Å². The summed E-state index contributed by atoms with van der Waals surface area (Å²) in [6, 6.07) is 52.3. The summed E-state index contributed by atoms with van der Waals surface area (Å²) in [6.45, 7) is 22.4. The lowest BCUT2D eigenvalue weighted by Crippen LogP contribution is -2.13. The number of nitrogens with zero attached hydrogens (tertiary/aromatic N) is 9. The number of hydrogen-bond acceptors (Lipinski definition) is 12. The van der Waals surface area contributed by atoms with Crippen molar-refractivity contribution < 1.29 is 25.3 Å². The Morgan fingerprint density at radius 1 is 0.404 bits per heavy atom. The summed E-state index contributed by atoms with van der Waals surface area (Å²) >= 11 is 0. The first-order valence-corrected chi connectivity index (χ1v) is 34.3. The molecule has 0 saturated heterocycles. The predicted octanol–water partition coefficient (Wildman–Crippen LogP) is 14.8. The second-order valence-electron chi connectivity index (χ2n) is 24.7. The van der Waals surface area contributed by atoms with Crippen LogP contribution in [0.5, 0.6) is 0 Å². The van der Waals surface area contributed by atoms with Crippen molar-refractivity contribution in [3.8, 4) is 17.1 Å². The topological polar surface area (TPSA) is 195 Å². The number of aromatic nitrogens is 9. The molecule has 0 aliphatic heterocycles. The van der Waals surface area contributed by atoms with E-state index < -0.39 is 29.5 Å². The van der Waals surface area contributed by atoms with Gasteiger partial charge < -0.3 is 0 Å². The van der Waals surface area contributed by atoms with Crippen LogP contribution >= 0.6 is 0 Å². The highest BCUT2D eigenvalue weighted by Crippen LogP contribution is 2.31. The normalized spacial score (nSPS) is 12.3. The van der Waals surface area contributed by atoms with Crippen LogP contribution in [0.15, 0.2) is 216 Å². The zero-order chi connectivity index (χ0) is 63.6. The van der Waals surface area contributed by atoms with Crippen LogP contribution in [-0.4, -0.2) is 69.5 Å². The van der Waals surface area contributed by atoms with Gasteiger partial charge in [0, 0.05) is 51.7 Å². The molecule has 0 atom stereocenters. The van der Waals surface area contributed by atoms with E-state index in [-0.39, 0.29) is 28.1 Å². The Balaban J connectivity index is 0.000000147.